The summed E-state index contributed by atoms with van der Waals surface area (Å²) in [7, 11) is -9.60. The summed E-state index contributed by atoms with van der Waals surface area (Å²) in [4.78, 5) is -0.915. The zero-order chi connectivity index (χ0) is 27.1. The van der Waals surface area contributed by atoms with Gasteiger partial charge in [0.15, 0.2) is 11.5 Å². The molecule has 1 atom stereocenters. The molecule has 1 aliphatic carbocycles. The molecule has 2 N–H and O–H groups in total. The molecule has 0 fully saturated rings. The number of aryl methyl sites for hydroxylation is 1. The maximum Gasteiger partial charge on any atom is 0.298 e. The topological polar surface area (TPSA) is 118 Å². The van der Waals surface area contributed by atoms with E-state index in [0.717, 1.165) is 23.1 Å². The van der Waals surface area contributed by atoms with Crippen LogP contribution in [0.5, 0.6) is 11.5 Å². The predicted octanol–water partition coefficient (Wildman–Crippen LogP) is 4.33. The molecule has 0 spiro atoms. The highest BCUT2D eigenvalue weighted by molar-refractivity contribution is 7.86. The lowest BCUT2D eigenvalue weighted by Gasteiger charge is -2.38. The zero-order valence-electron chi connectivity index (χ0n) is 21.0. The molecule has 2 aliphatic rings. The predicted molar refractivity (Wildman–Crippen MR) is 141 cm³/mol. The minimum atomic E-state index is -4.80. The van der Waals surface area contributed by atoms with Crippen LogP contribution < -0.4 is 15.2 Å². The number of rotatable bonds is 3. The van der Waals surface area contributed by atoms with Crippen LogP contribution in [-0.4, -0.2) is 25.9 Å². The smallest absolute Gasteiger partial charge is 0.298 e. The Labute approximate surface area is 216 Å². The van der Waals surface area contributed by atoms with Crippen molar-refractivity contribution in [3.8, 4) is 11.5 Å². The van der Waals surface area contributed by atoms with E-state index in [9.17, 15) is 25.9 Å². The van der Waals surface area contributed by atoms with Gasteiger partial charge < -0.3 is 4.74 Å². The monoisotopic (exact) mass is 540 g/mol. The van der Waals surface area contributed by atoms with Crippen LogP contribution >= 0.6 is 0 Å². The fourth-order valence-electron chi connectivity index (χ4n) is 5.95. The second-order valence-corrected chi connectivity index (χ2v) is 13.5. The second-order valence-electron chi connectivity index (χ2n) is 10.8. The lowest BCUT2D eigenvalue weighted by atomic mass is 9.69. The van der Waals surface area contributed by atoms with Gasteiger partial charge in [-0.2, -0.15) is 16.8 Å². The van der Waals surface area contributed by atoms with Crippen LogP contribution in [0.1, 0.15) is 60.9 Å². The van der Waals surface area contributed by atoms with Gasteiger partial charge in [0.25, 0.3) is 20.2 Å². The van der Waals surface area contributed by atoms with Crippen molar-refractivity contribution in [1.82, 2.24) is 0 Å². The molecule has 3 aromatic carbocycles. The highest BCUT2D eigenvalue weighted by Gasteiger charge is 2.40. The molecular weight excluding hydrogens is 512 g/mol. The normalized spacial score (nSPS) is 18.4. The van der Waals surface area contributed by atoms with Gasteiger partial charge in [-0.3, -0.25) is 9.11 Å². The van der Waals surface area contributed by atoms with Crippen molar-refractivity contribution in [2.45, 2.75) is 56.2 Å². The van der Waals surface area contributed by atoms with Crippen LogP contribution in [0.25, 0.3) is 12.2 Å². The van der Waals surface area contributed by atoms with E-state index in [1.54, 1.807) is 6.07 Å². The molecule has 194 valence electrons. The quantitative estimate of drug-likeness (QED) is 0.372. The average Bonchev–Trinajstić information content (AvgIpc) is 2.74. The van der Waals surface area contributed by atoms with E-state index in [2.05, 4.69) is 6.58 Å². The van der Waals surface area contributed by atoms with Crippen LogP contribution in [0.15, 0.2) is 52.3 Å². The molecular formula is C28H28O7S2. The third-order valence-corrected chi connectivity index (χ3v) is 9.20. The Morgan fingerprint density at radius 1 is 0.946 bits per heavy atom. The largest absolute Gasteiger partial charge is 0.453 e. The van der Waals surface area contributed by atoms with E-state index in [-0.39, 0.29) is 32.9 Å². The molecule has 0 bridgehead atoms. The van der Waals surface area contributed by atoms with Crippen molar-refractivity contribution in [3.63, 3.8) is 0 Å². The summed E-state index contributed by atoms with van der Waals surface area (Å²) in [6.07, 6.45) is 1.20. The van der Waals surface area contributed by atoms with Crippen molar-refractivity contribution < 1.29 is 30.7 Å². The Kier molecular flexibility index (Phi) is 5.73. The van der Waals surface area contributed by atoms with Crippen molar-refractivity contribution in [2.24, 2.45) is 5.41 Å². The van der Waals surface area contributed by atoms with Crippen molar-refractivity contribution in [1.29, 1.82) is 0 Å². The molecule has 37 heavy (non-hydrogen) atoms. The Balaban J connectivity index is 2.05. The number of ether oxygens (including phenoxy) is 1. The van der Waals surface area contributed by atoms with E-state index >= 15 is 0 Å². The number of fused-ring (bicyclic) bond motifs is 3. The van der Waals surface area contributed by atoms with Gasteiger partial charge in [-0.15, -0.1) is 0 Å². The number of benzene rings is 3. The Morgan fingerprint density at radius 2 is 1.59 bits per heavy atom. The van der Waals surface area contributed by atoms with E-state index < -0.39 is 25.1 Å². The molecule has 9 heteroatoms. The second kappa shape index (κ2) is 8.26. The number of hydrogen-bond donors (Lipinski definition) is 2. The van der Waals surface area contributed by atoms with Crippen molar-refractivity contribution >= 4 is 32.4 Å². The first kappa shape index (κ1) is 25.7. The van der Waals surface area contributed by atoms with Gasteiger partial charge >= 0.3 is 0 Å². The zero-order valence-corrected chi connectivity index (χ0v) is 22.6. The molecule has 0 radical (unpaired) electrons. The summed E-state index contributed by atoms with van der Waals surface area (Å²) in [6.45, 7) is 11.7. The average molecular weight is 541 g/mol. The van der Waals surface area contributed by atoms with Crippen molar-refractivity contribution in [3.05, 3.63) is 80.7 Å². The fraction of sp³-hybridized carbons (Fsp3) is 0.286. The summed E-state index contributed by atoms with van der Waals surface area (Å²) in [6, 6.07) is 12.5. The molecule has 7 nitrogen and oxygen atoms in total. The van der Waals surface area contributed by atoms with Crippen LogP contribution in [0.3, 0.4) is 0 Å². The molecule has 0 aromatic heterocycles. The van der Waals surface area contributed by atoms with Crippen LogP contribution in [0.4, 0.5) is 0 Å². The van der Waals surface area contributed by atoms with E-state index in [1.807, 2.05) is 58.0 Å². The van der Waals surface area contributed by atoms with Gasteiger partial charge in [-0.05, 0) is 70.7 Å². The summed E-state index contributed by atoms with van der Waals surface area (Å²) in [5.41, 5.74) is 3.58. The molecule has 1 unspecified atom stereocenters. The Hall–Kier alpha value is -2.98. The first-order valence-electron chi connectivity index (χ1n) is 11.9. The summed E-state index contributed by atoms with van der Waals surface area (Å²) in [5, 5.41) is 0.363. The first-order valence-corrected chi connectivity index (χ1v) is 14.7. The van der Waals surface area contributed by atoms with Gasteiger partial charge in [0, 0.05) is 16.4 Å². The third-order valence-electron chi connectivity index (χ3n) is 7.29. The van der Waals surface area contributed by atoms with Crippen molar-refractivity contribution in [2.75, 3.05) is 0 Å². The van der Waals surface area contributed by atoms with E-state index in [1.165, 1.54) is 6.07 Å². The lowest BCUT2D eigenvalue weighted by molar-refractivity contribution is 0.283. The maximum absolute atomic E-state index is 13.0. The molecule has 5 rings (SSSR count). The third kappa shape index (κ3) is 4.20. The van der Waals surface area contributed by atoms with Crippen LogP contribution in [0.2, 0.25) is 0 Å². The van der Waals surface area contributed by atoms with Gasteiger partial charge in [-0.1, -0.05) is 57.7 Å². The van der Waals surface area contributed by atoms with Gasteiger partial charge in [-0.25, -0.2) is 0 Å². The van der Waals surface area contributed by atoms with Gasteiger partial charge in [0.05, 0.1) is 0 Å². The first-order chi connectivity index (χ1) is 17.1. The van der Waals surface area contributed by atoms with Gasteiger partial charge in [0.2, 0.25) is 0 Å². The highest BCUT2D eigenvalue weighted by Crippen LogP contribution is 2.51. The molecule has 0 saturated carbocycles. The summed E-state index contributed by atoms with van der Waals surface area (Å²) < 4.78 is 77.5. The lowest BCUT2D eigenvalue weighted by Crippen LogP contribution is -2.30. The van der Waals surface area contributed by atoms with Gasteiger partial charge in [0.1, 0.15) is 9.79 Å². The minimum absolute atomic E-state index is 0.000310. The van der Waals surface area contributed by atoms with E-state index in [4.69, 9.17) is 4.74 Å². The molecule has 3 aromatic rings. The molecule has 1 aliphatic heterocycles. The van der Waals surface area contributed by atoms with Crippen LogP contribution in [0, 0.1) is 12.3 Å². The highest BCUT2D eigenvalue weighted by atomic mass is 32.2. The van der Waals surface area contributed by atoms with Crippen LogP contribution in [-0.2, 0) is 26.7 Å². The molecule has 0 amide bonds. The number of hydrogen-bond acceptors (Lipinski definition) is 5. The Bertz CT molecular complexity index is 1820. The summed E-state index contributed by atoms with van der Waals surface area (Å²) in [5.74, 6) is -0.388. The molecule has 0 saturated heterocycles. The maximum atomic E-state index is 13.0. The van der Waals surface area contributed by atoms with E-state index in [0.29, 0.717) is 28.3 Å². The Morgan fingerprint density at radius 3 is 2.22 bits per heavy atom. The molecule has 1 heterocycles. The SMILES string of the molecule is C=c1ccc2c(c1S(=O)(=O)O)Oc1c(cc3c(c1S(=O)(=O)O)CC(C)(C)CC3C)C=2c1ccccc1C. The summed E-state index contributed by atoms with van der Waals surface area (Å²) >= 11 is 0. The fourth-order valence-corrected chi connectivity index (χ4v) is 7.62. The standard InChI is InChI=1S/C28H28O7S2/c1-15-8-6-7-9-18(15)23-19-11-10-16(2)26(36(29,30)31)24(19)35-25-21(23)12-20-17(3)13-28(4,5)14-22(20)27(25)37(32,33)34/h6-12,17H,2,13-14H2,1,3-5H3,(H,29,30,31)(H,32,33,34). The minimum Gasteiger partial charge on any atom is -0.453 e.